The molecule has 0 saturated heterocycles. The molecule has 3 rings (SSSR count). The molecule has 0 heterocycles. The van der Waals surface area contributed by atoms with Gasteiger partial charge in [-0.25, -0.2) is 0 Å². The highest BCUT2D eigenvalue weighted by atomic mass is 35.5. The summed E-state index contributed by atoms with van der Waals surface area (Å²) >= 11 is 6.34. The maximum Gasteiger partial charge on any atom is 0.243 e. The molecule has 1 atom stereocenters. The first-order valence-corrected chi connectivity index (χ1v) is 12.6. The number of halogens is 1. The van der Waals surface area contributed by atoms with Crippen LogP contribution < -0.4 is 5.32 Å². The van der Waals surface area contributed by atoms with Gasteiger partial charge in [0, 0.05) is 31.0 Å². The molecule has 0 spiro atoms. The van der Waals surface area contributed by atoms with Crippen molar-refractivity contribution in [3.8, 4) is 0 Å². The fourth-order valence-electron chi connectivity index (χ4n) is 4.03. The van der Waals surface area contributed by atoms with Crippen LogP contribution in [-0.2, 0) is 29.0 Å². The van der Waals surface area contributed by atoms with E-state index in [1.807, 2.05) is 85.8 Å². The SMILES string of the molecule is Cc1ccccc1CN(C(=O)CCc1ccccc1Cl)[C@H](Cc1ccccc1)C(=O)NCC(C)C. The van der Waals surface area contributed by atoms with E-state index < -0.39 is 6.04 Å². The molecular weight excluding hydrogens is 456 g/mol. The Bertz CT molecular complexity index is 1110. The Morgan fingerprint density at radius 3 is 2.17 bits per heavy atom. The number of carbonyl (C=O) groups is 2. The fraction of sp³-hybridized carbons (Fsp3) is 0.333. The van der Waals surface area contributed by atoms with Gasteiger partial charge in [-0.15, -0.1) is 0 Å². The van der Waals surface area contributed by atoms with Crippen LogP contribution in [0.4, 0.5) is 0 Å². The van der Waals surface area contributed by atoms with Crippen molar-refractivity contribution in [2.24, 2.45) is 5.92 Å². The van der Waals surface area contributed by atoms with Gasteiger partial charge in [0.1, 0.15) is 6.04 Å². The molecule has 0 unspecified atom stereocenters. The van der Waals surface area contributed by atoms with Gasteiger partial charge in [0.15, 0.2) is 0 Å². The number of rotatable bonds is 11. The van der Waals surface area contributed by atoms with Crippen molar-refractivity contribution in [3.05, 3.63) is 106 Å². The van der Waals surface area contributed by atoms with E-state index in [2.05, 4.69) is 19.2 Å². The molecule has 0 radical (unpaired) electrons. The molecule has 0 aliphatic carbocycles. The van der Waals surface area contributed by atoms with Crippen molar-refractivity contribution in [1.82, 2.24) is 10.2 Å². The normalized spacial score (nSPS) is 11.8. The molecule has 35 heavy (non-hydrogen) atoms. The summed E-state index contributed by atoms with van der Waals surface area (Å²) in [5.41, 5.74) is 4.08. The average Bonchev–Trinajstić information content (AvgIpc) is 2.85. The number of nitrogens with one attached hydrogen (secondary N) is 1. The van der Waals surface area contributed by atoms with Gasteiger partial charge in [-0.2, -0.15) is 0 Å². The molecule has 0 aromatic heterocycles. The number of hydrogen-bond acceptors (Lipinski definition) is 2. The standard InChI is InChI=1S/C30H35ClN2O2/c1-22(2)20-32-30(35)28(19-24-12-5-4-6-13-24)33(21-26-15-8-7-11-23(26)3)29(34)18-17-25-14-9-10-16-27(25)31/h4-16,22,28H,17-21H2,1-3H3,(H,32,35)/t28-/m1/s1. The number of aryl methyl sites for hydroxylation is 2. The zero-order valence-corrected chi connectivity index (χ0v) is 21.6. The fourth-order valence-corrected chi connectivity index (χ4v) is 4.26. The lowest BCUT2D eigenvalue weighted by molar-refractivity contribution is -0.141. The smallest absolute Gasteiger partial charge is 0.243 e. The first-order valence-electron chi connectivity index (χ1n) is 12.2. The lowest BCUT2D eigenvalue weighted by atomic mass is 10.00. The molecule has 0 bridgehead atoms. The Kier molecular flexibility index (Phi) is 9.92. The van der Waals surface area contributed by atoms with E-state index in [0.29, 0.717) is 36.9 Å². The van der Waals surface area contributed by atoms with E-state index >= 15 is 0 Å². The summed E-state index contributed by atoms with van der Waals surface area (Å²) < 4.78 is 0. The predicted molar refractivity (Wildman–Crippen MR) is 143 cm³/mol. The highest BCUT2D eigenvalue weighted by Crippen LogP contribution is 2.21. The topological polar surface area (TPSA) is 49.4 Å². The summed E-state index contributed by atoms with van der Waals surface area (Å²) in [6, 6.07) is 24.9. The third-order valence-corrected chi connectivity index (χ3v) is 6.49. The van der Waals surface area contributed by atoms with Crippen molar-refractivity contribution < 1.29 is 9.59 Å². The second-order valence-corrected chi connectivity index (χ2v) is 9.79. The predicted octanol–water partition coefficient (Wildman–Crippen LogP) is 5.99. The van der Waals surface area contributed by atoms with Gasteiger partial charge in [-0.05, 0) is 47.6 Å². The van der Waals surface area contributed by atoms with E-state index in [0.717, 1.165) is 22.3 Å². The molecule has 0 aliphatic rings. The Morgan fingerprint density at radius 2 is 1.51 bits per heavy atom. The Hall–Kier alpha value is -3.11. The van der Waals surface area contributed by atoms with Gasteiger partial charge >= 0.3 is 0 Å². The van der Waals surface area contributed by atoms with E-state index in [9.17, 15) is 9.59 Å². The molecule has 0 aliphatic heterocycles. The van der Waals surface area contributed by atoms with Crippen LogP contribution in [0.15, 0.2) is 78.9 Å². The Morgan fingerprint density at radius 1 is 0.886 bits per heavy atom. The van der Waals surface area contributed by atoms with Crippen LogP contribution in [0, 0.1) is 12.8 Å². The third-order valence-electron chi connectivity index (χ3n) is 6.12. The highest BCUT2D eigenvalue weighted by molar-refractivity contribution is 6.31. The van der Waals surface area contributed by atoms with Crippen molar-refractivity contribution >= 4 is 23.4 Å². The van der Waals surface area contributed by atoms with Crippen molar-refractivity contribution in [2.45, 2.75) is 52.6 Å². The highest BCUT2D eigenvalue weighted by Gasteiger charge is 2.30. The van der Waals surface area contributed by atoms with Crippen LogP contribution in [0.1, 0.15) is 42.5 Å². The molecule has 4 nitrogen and oxygen atoms in total. The first kappa shape index (κ1) is 26.5. The minimum atomic E-state index is -0.616. The molecule has 3 aromatic carbocycles. The lowest BCUT2D eigenvalue weighted by Gasteiger charge is -2.32. The van der Waals surface area contributed by atoms with Gasteiger partial charge in [0.2, 0.25) is 11.8 Å². The molecule has 5 heteroatoms. The van der Waals surface area contributed by atoms with Gasteiger partial charge < -0.3 is 10.2 Å². The van der Waals surface area contributed by atoms with Gasteiger partial charge in [-0.1, -0.05) is 98.2 Å². The van der Waals surface area contributed by atoms with E-state index in [4.69, 9.17) is 11.6 Å². The van der Waals surface area contributed by atoms with Crippen molar-refractivity contribution in [2.75, 3.05) is 6.54 Å². The van der Waals surface area contributed by atoms with Crippen LogP contribution in [0.3, 0.4) is 0 Å². The Labute approximate surface area is 214 Å². The maximum atomic E-state index is 13.7. The summed E-state index contributed by atoms with van der Waals surface area (Å²) in [5, 5.41) is 3.72. The number of carbonyl (C=O) groups excluding carboxylic acids is 2. The van der Waals surface area contributed by atoms with Crippen LogP contribution in [0.2, 0.25) is 5.02 Å². The van der Waals surface area contributed by atoms with Crippen LogP contribution in [0.25, 0.3) is 0 Å². The second kappa shape index (κ2) is 13.1. The largest absolute Gasteiger partial charge is 0.354 e. The summed E-state index contributed by atoms with van der Waals surface area (Å²) in [5.74, 6) is 0.132. The quantitative estimate of drug-likeness (QED) is 0.358. The maximum absolute atomic E-state index is 13.7. The van der Waals surface area contributed by atoms with E-state index in [1.54, 1.807) is 4.90 Å². The molecule has 2 amide bonds. The second-order valence-electron chi connectivity index (χ2n) is 9.38. The number of benzene rings is 3. The van der Waals surface area contributed by atoms with E-state index in [-0.39, 0.29) is 18.2 Å². The summed E-state index contributed by atoms with van der Waals surface area (Å²) in [4.78, 5) is 28.9. The minimum Gasteiger partial charge on any atom is -0.354 e. The first-order chi connectivity index (χ1) is 16.8. The number of hydrogen-bond donors (Lipinski definition) is 1. The minimum absolute atomic E-state index is 0.0613. The molecule has 0 fully saturated rings. The molecule has 0 saturated carbocycles. The van der Waals surface area contributed by atoms with Gasteiger partial charge in [-0.3, -0.25) is 9.59 Å². The van der Waals surface area contributed by atoms with E-state index in [1.165, 1.54) is 0 Å². The van der Waals surface area contributed by atoms with Gasteiger partial charge in [0.05, 0.1) is 0 Å². The van der Waals surface area contributed by atoms with Crippen LogP contribution >= 0.6 is 11.6 Å². The summed E-state index contributed by atoms with van der Waals surface area (Å²) in [6.45, 7) is 7.10. The lowest BCUT2D eigenvalue weighted by Crippen LogP contribution is -2.51. The number of amides is 2. The summed E-state index contributed by atoms with van der Waals surface area (Å²) in [7, 11) is 0. The molecule has 184 valence electrons. The van der Waals surface area contributed by atoms with Crippen LogP contribution in [0.5, 0.6) is 0 Å². The monoisotopic (exact) mass is 490 g/mol. The molecule has 1 N–H and O–H groups in total. The Balaban J connectivity index is 1.92. The molecular formula is C30H35ClN2O2. The molecule has 3 aromatic rings. The number of nitrogens with zero attached hydrogens (tertiary/aromatic N) is 1. The van der Waals surface area contributed by atoms with Crippen molar-refractivity contribution in [3.63, 3.8) is 0 Å². The van der Waals surface area contributed by atoms with Gasteiger partial charge in [0.25, 0.3) is 0 Å². The van der Waals surface area contributed by atoms with Crippen molar-refractivity contribution in [1.29, 1.82) is 0 Å². The zero-order valence-electron chi connectivity index (χ0n) is 20.8. The van der Waals surface area contributed by atoms with Crippen LogP contribution in [-0.4, -0.2) is 29.3 Å². The average molecular weight is 491 g/mol. The third kappa shape index (κ3) is 7.97. The zero-order chi connectivity index (χ0) is 25.2. The summed E-state index contributed by atoms with van der Waals surface area (Å²) in [6.07, 6.45) is 1.25.